The highest BCUT2D eigenvalue weighted by molar-refractivity contribution is 7.87. The molecule has 178 valence electrons. The summed E-state index contributed by atoms with van der Waals surface area (Å²) >= 11 is 5.29. The second-order valence-corrected chi connectivity index (χ2v) is 9.78. The zero-order valence-electron chi connectivity index (χ0n) is 19.7. The lowest BCUT2D eigenvalue weighted by atomic mass is 10.1. The van der Waals surface area contributed by atoms with Crippen LogP contribution < -0.4 is 19.7 Å². The smallest absolute Gasteiger partial charge is 0.339 e. The lowest BCUT2D eigenvalue weighted by Crippen LogP contribution is -2.24. The first-order valence-corrected chi connectivity index (χ1v) is 12.3. The van der Waals surface area contributed by atoms with E-state index in [1.165, 1.54) is 18.7 Å². The molecule has 0 aromatic heterocycles. The Hall–Kier alpha value is -3.43. The maximum atomic E-state index is 12.8. The molecule has 0 aliphatic rings. The average molecular weight is 498 g/mol. The van der Waals surface area contributed by atoms with Crippen LogP contribution in [-0.2, 0) is 10.1 Å². The summed E-state index contributed by atoms with van der Waals surface area (Å²) in [7, 11) is -2.59. The van der Waals surface area contributed by atoms with Crippen molar-refractivity contribution in [3.63, 3.8) is 0 Å². The van der Waals surface area contributed by atoms with Crippen LogP contribution in [0, 0.1) is 27.7 Å². The third kappa shape index (κ3) is 6.33. The Morgan fingerprint density at radius 1 is 0.912 bits per heavy atom. The quantitative estimate of drug-likeness (QED) is 0.205. The molecule has 0 spiro atoms. The summed E-state index contributed by atoms with van der Waals surface area (Å²) in [5.74, 6) is 0.342. The Kier molecular flexibility index (Phi) is 7.90. The van der Waals surface area contributed by atoms with Crippen LogP contribution in [0.5, 0.6) is 11.5 Å². The van der Waals surface area contributed by atoms with Gasteiger partial charge >= 0.3 is 10.1 Å². The molecule has 3 aromatic rings. The zero-order valence-corrected chi connectivity index (χ0v) is 21.3. The van der Waals surface area contributed by atoms with Gasteiger partial charge in [-0.05, 0) is 92.5 Å². The fraction of sp³-hybridized carbons (Fsp3) is 0.200. The Bertz CT molecular complexity index is 1350. The minimum atomic E-state index is -4.03. The molecule has 2 N–H and O–H groups in total. The minimum absolute atomic E-state index is 0.0838. The fourth-order valence-electron chi connectivity index (χ4n) is 3.24. The van der Waals surface area contributed by atoms with Crippen LogP contribution in [0.4, 0.5) is 5.69 Å². The third-order valence-corrected chi connectivity index (χ3v) is 6.58. The standard InChI is InChI=1S/C25H27N3O4S2/c1-16-7-10-21(19(4)12-16)27-25(33)28-26-15-20-9-11-22(23(14-20)31-5)32-34(29,30)24-13-17(2)6-8-18(24)3/h6-15H,1-5H3,(H2,27,28,33). The van der Waals surface area contributed by atoms with Gasteiger partial charge in [0.05, 0.1) is 13.3 Å². The van der Waals surface area contributed by atoms with Crippen LogP contribution in [0.2, 0.25) is 0 Å². The molecule has 0 bridgehead atoms. The number of thiocarbonyl (C=S) groups is 1. The molecular weight excluding hydrogens is 470 g/mol. The van der Waals surface area contributed by atoms with E-state index in [-0.39, 0.29) is 16.4 Å². The molecule has 0 saturated heterocycles. The second kappa shape index (κ2) is 10.7. The van der Waals surface area contributed by atoms with Crippen molar-refractivity contribution in [1.29, 1.82) is 0 Å². The lowest BCUT2D eigenvalue weighted by molar-refractivity contribution is 0.390. The van der Waals surface area contributed by atoms with Crippen LogP contribution in [0.1, 0.15) is 27.8 Å². The van der Waals surface area contributed by atoms with E-state index in [0.29, 0.717) is 16.2 Å². The van der Waals surface area contributed by atoms with Gasteiger partial charge in [-0.15, -0.1) is 0 Å². The fourth-order valence-corrected chi connectivity index (χ4v) is 4.66. The third-order valence-electron chi connectivity index (χ3n) is 5.01. The number of anilines is 1. The lowest BCUT2D eigenvalue weighted by Gasteiger charge is -2.13. The molecule has 0 unspecified atom stereocenters. The van der Waals surface area contributed by atoms with Crippen LogP contribution in [0.3, 0.4) is 0 Å². The number of rotatable bonds is 7. The van der Waals surface area contributed by atoms with E-state index in [2.05, 4.69) is 21.9 Å². The number of aryl methyl sites for hydroxylation is 4. The number of ether oxygens (including phenoxy) is 1. The number of hydrazone groups is 1. The van der Waals surface area contributed by atoms with Crippen LogP contribution in [0.25, 0.3) is 0 Å². The molecule has 0 fully saturated rings. The van der Waals surface area contributed by atoms with Crippen molar-refractivity contribution in [1.82, 2.24) is 5.43 Å². The number of methoxy groups -OCH3 is 1. The summed E-state index contributed by atoms with van der Waals surface area (Å²) in [5, 5.41) is 7.58. The van der Waals surface area contributed by atoms with Gasteiger partial charge in [0.2, 0.25) is 0 Å². The van der Waals surface area contributed by atoms with Gasteiger partial charge in [0.1, 0.15) is 4.90 Å². The summed E-state index contributed by atoms with van der Waals surface area (Å²) in [4.78, 5) is 0.120. The number of nitrogens with zero attached hydrogens (tertiary/aromatic N) is 1. The van der Waals surface area contributed by atoms with E-state index in [4.69, 9.17) is 21.1 Å². The first-order valence-electron chi connectivity index (χ1n) is 10.5. The average Bonchev–Trinajstić information content (AvgIpc) is 2.78. The molecule has 0 radical (unpaired) electrons. The summed E-state index contributed by atoms with van der Waals surface area (Å²) in [5.41, 5.74) is 7.99. The predicted molar refractivity (Wildman–Crippen MR) is 140 cm³/mol. The summed E-state index contributed by atoms with van der Waals surface area (Å²) in [6, 6.07) is 16.0. The van der Waals surface area contributed by atoms with Crippen molar-refractivity contribution < 1.29 is 17.3 Å². The highest BCUT2D eigenvalue weighted by Gasteiger charge is 2.21. The molecule has 0 amide bonds. The van der Waals surface area contributed by atoms with E-state index in [1.54, 1.807) is 37.4 Å². The molecule has 3 rings (SSSR count). The van der Waals surface area contributed by atoms with Crippen LogP contribution in [-0.4, -0.2) is 26.9 Å². The van der Waals surface area contributed by atoms with Crippen molar-refractivity contribution in [2.45, 2.75) is 32.6 Å². The SMILES string of the molecule is COc1cc(C=NNC(=S)Nc2ccc(C)cc2C)ccc1OS(=O)(=O)c1cc(C)ccc1C. The van der Waals surface area contributed by atoms with Gasteiger partial charge < -0.3 is 14.2 Å². The van der Waals surface area contributed by atoms with Crippen LogP contribution >= 0.6 is 12.2 Å². The molecule has 9 heteroatoms. The Morgan fingerprint density at radius 3 is 2.32 bits per heavy atom. The highest BCUT2D eigenvalue weighted by atomic mass is 32.2. The summed E-state index contributed by atoms with van der Waals surface area (Å²) in [6.07, 6.45) is 1.54. The normalized spacial score (nSPS) is 11.3. The first kappa shape index (κ1) is 25.2. The van der Waals surface area contributed by atoms with Crippen molar-refractivity contribution in [2.75, 3.05) is 12.4 Å². The first-order chi connectivity index (χ1) is 16.1. The van der Waals surface area contributed by atoms with Crippen molar-refractivity contribution in [2.24, 2.45) is 5.10 Å². The van der Waals surface area contributed by atoms with Crippen molar-refractivity contribution in [3.05, 3.63) is 82.4 Å². The van der Waals surface area contributed by atoms with E-state index in [0.717, 1.165) is 16.8 Å². The van der Waals surface area contributed by atoms with Gasteiger partial charge in [-0.1, -0.05) is 29.8 Å². The van der Waals surface area contributed by atoms with E-state index < -0.39 is 10.1 Å². The van der Waals surface area contributed by atoms with Gasteiger partial charge in [-0.25, -0.2) is 0 Å². The minimum Gasteiger partial charge on any atom is -0.493 e. The Morgan fingerprint density at radius 2 is 1.62 bits per heavy atom. The Labute approximate surface area is 205 Å². The summed E-state index contributed by atoms with van der Waals surface area (Å²) < 4.78 is 36.4. The maximum Gasteiger partial charge on any atom is 0.339 e. The molecule has 0 saturated carbocycles. The van der Waals surface area contributed by atoms with Gasteiger partial charge in [0.25, 0.3) is 0 Å². The van der Waals surface area contributed by atoms with Crippen LogP contribution in [0.15, 0.2) is 64.6 Å². The van der Waals surface area contributed by atoms with Gasteiger partial charge in [0.15, 0.2) is 16.6 Å². The molecule has 0 aliphatic carbocycles. The van der Waals surface area contributed by atoms with Gasteiger partial charge in [-0.2, -0.15) is 13.5 Å². The molecule has 0 aliphatic heterocycles. The van der Waals surface area contributed by atoms with E-state index >= 15 is 0 Å². The molecule has 3 aromatic carbocycles. The number of nitrogens with one attached hydrogen (secondary N) is 2. The number of hydrogen-bond donors (Lipinski definition) is 2. The Balaban J connectivity index is 1.70. The highest BCUT2D eigenvalue weighted by Crippen LogP contribution is 2.31. The molecular formula is C25H27N3O4S2. The van der Waals surface area contributed by atoms with E-state index in [1.807, 2.05) is 39.0 Å². The topological polar surface area (TPSA) is 89.0 Å². The maximum absolute atomic E-state index is 12.8. The number of hydrogen-bond acceptors (Lipinski definition) is 6. The second-order valence-electron chi connectivity index (χ2n) is 7.86. The van der Waals surface area contributed by atoms with Gasteiger partial charge in [0, 0.05) is 5.69 Å². The largest absolute Gasteiger partial charge is 0.493 e. The van der Waals surface area contributed by atoms with Crippen molar-refractivity contribution >= 4 is 39.4 Å². The molecule has 0 heterocycles. The monoisotopic (exact) mass is 497 g/mol. The molecule has 34 heavy (non-hydrogen) atoms. The van der Waals surface area contributed by atoms with Crippen molar-refractivity contribution in [3.8, 4) is 11.5 Å². The number of benzene rings is 3. The summed E-state index contributed by atoms with van der Waals surface area (Å²) in [6.45, 7) is 7.57. The zero-order chi connectivity index (χ0) is 24.9. The predicted octanol–water partition coefficient (Wildman–Crippen LogP) is 5.02. The van der Waals surface area contributed by atoms with E-state index in [9.17, 15) is 8.42 Å². The molecule has 7 nitrogen and oxygen atoms in total. The molecule has 0 atom stereocenters. The van der Waals surface area contributed by atoms with Gasteiger partial charge in [-0.3, -0.25) is 5.43 Å².